The maximum Gasteiger partial charge on any atom is 0.410 e. The zero-order chi connectivity index (χ0) is 22.0. The molecule has 0 aromatic carbocycles. The smallest absolute Gasteiger partial charge is 0.410 e. The van der Waals surface area contributed by atoms with Crippen molar-refractivity contribution in [2.24, 2.45) is 5.92 Å². The number of fused-ring (bicyclic) bond motifs is 2. The van der Waals surface area contributed by atoms with Crippen molar-refractivity contribution in [3.05, 3.63) is 29.7 Å². The summed E-state index contributed by atoms with van der Waals surface area (Å²) in [7, 11) is 0. The lowest BCUT2D eigenvalue weighted by Gasteiger charge is -2.50. The van der Waals surface area contributed by atoms with Gasteiger partial charge in [0.25, 0.3) is 0 Å². The number of hydrogen-bond donors (Lipinski definition) is 0. The quantitative estimate of drug-likeness (QED) is 0.602. The zero-order valence-corrected chi connectivity index (χ0v) is 19.3. The first-order valence-electron chi connectivity index (χ1n) is 10.6. The Bertz CT molecular complexity index is 1150. The van der Waals surface area contributed by atoms with Crippen molar-refractivity contribution in [2.75, 3.05) is 6.54 Å². The topological polar surface area (TPSA) is 81.9 Å². The van der Waals surface area contributed by atoms with Crippen LogP contribution in [-0.2, 0) is 4.74 Å². The molecule has 0 spiro atoms. The number of aryl methyl sites for hydroxylation is 1. The summed E-state index contributed by atoms with van der Waals surface area (Å²) in [5.41, 5.74) is 0.738. The highest BCUT2D eigenvalue weighted by molar-refractivity contribution is 7.15. The predicted molar refractivity (Wildman–Crippen MR) is 117 cm³/mol. The van der Waals surface area contributed by atoms with Crippen LogP contribution in [0.3, 0.4) is 0 Å². The SMILES string of the molecule is Cc1ncc(-c2cn3nccc3c(O[C@@]3(C)C[C@@H]4[C@H]3CCN4C(=O)OC(C)(C)C)n2)s1. The fourth-order valence-corrected chi connectivity index (χ4v) is 5.41. The highest BCUT2D eigenvalue weighted by Gasteiger charge is 2.59. The first-order chi connectivity index (χ1) is 14.6. The summed E-state index contributed by atoms with van der Waals surface area (Å²) in [6, 6.07) is 2.05. The molecule has 0 unspecified atom stereocenters. The lowest BCUT2D eigenvalue weighted by Crippen LogP contribution is -2.61. The minimum atomic E-state index is -0.494. The molecular formula is C22H27N5O3S. The number of carbonyl (C=O) groups excluding carboxylic acids is 1. The average Bonchev–Trinajstić information content (AvgIpc) is 3.38. The highest BCUT2D eigenvalue weighted by Crippen LogP contribution is 2.51. The number of rotatable bonds is 3. The van der Waals surface area contributed by atoms with Crippen LogP contribution in [0.2, 0.25) is 0 Å². The van der Waals surface area contributed by atoms with Gasteiger partial charge in [-0.15, -0.1) is 11.3 Å². The molecule has 3 aromatic rings. The van der Waals surface area contributed by atoms with Gasteiger partial charge in [0.2, 0.25) is 5.88 Å². The molecule has 164 valence electrons. The van der Waals surface area contributed by atoms with Crippen LogP contribution in [0.15, 0.2) is 24.7 Å². The van der Waals surface area contributed by atoms with Crippen molar-refractivity contribution >= 4 is 22.9 Å². The number of nitrogens with zero attached hydrogens (tertiary/aromatic N) is 5. The van der Waals surface area contributed by atoms with E-state index in [2.05, 4.69) is 17.0 Å². The molecule has 9 heteroatoms. The van der Waals surface area contributed by atoms with E-state index in [1.165, 1.54) is 0 Å². The second-order valence-electron chi connectivity index (χ2n) is 9.59. The van der Waals surface area contributed by atoms with Crippen LogP contribution < -0.4 is 4.74 Å². The molecule has 31 heavy (non-hydrogen) atoms. The van der Waals surface area contributed by atoms with E-state index in [0.717, 1.165) is 33.9 Å². The van der Waals surface area contributed by atoms with Gasteiger partial charge in [0.05, 0.1) is 22.3 Å². The molecule has 1 saturated heterocycles. The number of aromatic nitrogens is 4. The van der Waals surface area contributed by atoms with Gasteiger partial charge in [-0.2, -0.15) is 5.10 Å². The van der Waals surface area contributed by atoms with Crippen LogP contribution in [0.4, 0.5) is 4.79 Å². The summed E-state index contributed by atoms with van der Waals surface area (Å²) in [6.45, 7) is 10.5. The largest absolute Gasteiger partial charge is 0.469 e. The Morgan fingerprint density at radius 1 is 1.35 bits per heavy atom. The third-order valence-electron chi connectivity index (χ3n) is 6.13. The summed E-state index contributed by atoms with van der Waals surface area (Å²) in [5.74, 6) is 0.816. The third kappa shape index (κ3) is 3.54. The van der Waals surface area contributed by atoms with E-state index < -0.39 is 5.60 Å². The van der Waals surface area contributed by atoms with Gasteiger partial charge >= 0.3 is 6.09 Å². The Hall–Kier alpha value is -2.68. The lowest BCUT2D eigenvalue weighted by molar-refractivity contribution is -0.0903. The Labute approximate surface area is 185 Å². The standard InChI is InChI=1S/C22H27N5O3S/c1-13-23-11-18(31-13)15-12-27-16(6-8-24-27)19(25-15)29-22(5)10-17-14(22)7-9-26(17)20(28)30-21(2,3)4/h6,8,11-12,14,17H,7,9-10H2,1-5H3/t14-,17-,22+/m1/s1. The minimum Gasteiger partial charge on any atom is -0.469 e. The molecule has 0 N–H and O–H groups in total. The average molecular weight is 442 g/mol. The van der Waals surface area contributed by atoms with E-state index in [-0.39, 0.29) is 23.7 Å². The first-order valence-corrected chi connectivity index (χ1v) is 11.4. The van der Waals surface area contributed by atoms with Crippen LogP contribution in [0.1, 0.15) is 45.5 Å². The maximum atomic E-state index is 12.6. The molecule has 2 fully saturated rings. The van der Waals surface area contributed by atoms with E-state index in [1.807, 2.05) is 51.1 Å². The Morgan fingerprint density at radius 2 is 2.16 bits per heavy atom. The van der Waals surface area contributed by atoms with Gasteiger partial charge in [0.1, 0.15) is 22.4 Å². The molecular weight excluding hydrogens is 414 g/mol. The van der Waals surface area contributed by atoms with Crippen LogP contribution >= 0.6 is 11.3 Å². The second-order valence-corrected chi connectivity index (χ2v) is 10.8. The Kier molecular flexibility index (Phi) is 4.51. The molecule has 3 atom stereocenters. The number of thiazole rings is 1. The van der Waals surface area contributed by atoms with Crippen molar-refractivity contribution in [1.82, 2.24) is 24.5 Å². The van der Waals surface area contributed by atoms with E-state index in [4.69, 9.17) is 14.5 Å². The molecule has 0 bridgehead atoms. The summed E-state index contributed by atoms with van der Waals surface area (Å²) in [4.78, 5) is 24.6. The molecule has 1 amide bonds. The number of hydrogen-bond acceptors (Lipinski definition) is 7. The number of ether oxygens (including phenoxy) is 2. The number of carbonyl (C=O) groups is 1. The molecule has 2 aliphatic rings. The molecule has 8 nitrogen and oxygen atoms in total. The third-order valence-corrected chi connectivity index (χ3v) is 7.07. The molecule has 3 aromatic heterocycles. The Balaban J connectivity index is 1.39. The van der Waals surface area contributed by atoms with Gasteiger partial charge in [-0.3, -0.25) is 0 Å². The predicted octanol–water partition coefficient (Wildman–Crippen LogP) is 4.33. The number of amides is 1. The van der Waals surface area contributed by atoms with Crippen molar-refractivity contribution in [1.29, 1.82) is 0 Å². The summed E-state index contributed by atoms with van der Waals surface area (Å²) in [5, 5.41) is 5.38. The fourth-order valence-electron chi connectivity index (χ4n) is 4.68. The first kappa shape index (κ1) is 20.2. The molecule has 1 aliphatic carbocycles. The van der Waals surface area contributed by atoms with Crippen LogP contribution in [0.5, 0.6) is 5.88 Å². The van der Waals surface area contributed by atoms with Gasteiger partial charge in [0, 0.05) is 31.1 Å². The minimum absolute atomic E-state index is 0.146. The maximum absolute atomic E-state index is 12.6. The molecule has 0 radical (unpaired) electrons. The summed E-state index contributed by atoms with van der Waals surface area (Å²) < 4.78 is 13.9. The summed E-state index contributed by atoms with van der Waals surface area (Å²) >= 11 is 1.59. The normalized spacial score (nSPS) is 25.4. The monoisotopic (exact) mass is 441 g/mol. The van der Waals surface area contributed by atoms with Gasteiger partial charge in [-0.05, 0) is 47.1 Å². The molecule has 1 saturated carbocycles. The van der Waals surface area contributed by atoms with Gasteiger partial charge in [-0.1, -0.05) is 0 Å². The van der Waals surface area contributed by atoms with Crippen molar-refractivity contribution in [2.45, 2.75) is 64.7 Å². The zero-order valence-electron chi connectivity index (χ0n) is 18.5. The molecule has 4 heterocycles. The Morgan fingerprint density at radius 3 is 2.87 bits per heavy atom. The van der Waals surface area contributed by atoms with Crippen molar-refractivity contribution < 1.29 is 14.3 Å². The van der Waals surface area contributed by atoms with Crippen LogP contribution in [0, 0.1) is 12.8 Å². The van der Waals surface area contributed by atoms with Gasteiger partial charge in [-0.25, -0.2) is 19.3 Å². The van der Waals surface area contributed by atoms with Crippen molar-refractivity contribution in [3.8, 4) is 16.5 Å². The van der Waals surface area contributed by atoms with E-state index in [0.29, 0.717) is 12.4 Å². The van der Waals surface area contributed by atoms with E-state index in [1.54, 1.807) is 22.0 Å². The van der Waals surface area contributed by atoms with Crippen LogP contribution in [0.25, 0.3) is 16.1 Å². The van der Waals surface area contributed by atoms with E-state index in [9.17, 15) is 4.79 Å². The fraction of sp³-hybridized carbons (Fsp3) is 0.545. The van der Waals surface area contributed by atoms with E-state index >= 15 is 0 Å². The van der Waals surface area contributed by atoms with Gasteiger partial charge < -0.3 is 14.4 Å². The second kappa shape index (κ2) is 6.91. The molecule has 5 rings (SSSR count). The van der Waals surface area contributed by atoms with Crippen molar-refractivity contribution in [3.63, 3.8) is 0 Å². The number of likely N-dealkylation sites (tertiary alicyclic amines) is 1. The highest BCUT2D eigenvalue weighted by atomic mass is 32.1. The van der Waals surface area contributed by atoms with Gasteiger partial charge in [0.15, 0.2) is 0 Å². The van der Waals surface area contributed by atoms with Crippen LogP contribution in [-0.4, -0.2) is 54.4 Å². The lowest BCUT2D eigenvalue weighted by atomic mass is 9.66. The summed E-state index contributed by atoms with van der Waals surface area (Å²) in [6.07, 6.45) is 6.89. The molecule has 1 aliphatic heterocycles.